The van der Waals surface area contributed by atoms with Crippen LogP contribution in [-0.4, -0.2) is 81.7 Å². The van der Waals surface area contributed by atoms with Crippen LogP contribution < -0.4 is 9.47 Å². The summed E-state index contributed by atoms with van der Waals surface area (Å²) < 4.78 is 11.6. The molecule has 0 amide bonds. The van der Waals surface area contributed by atoms with E-state index in [4.69, 9.17) is 24.8 Å². The van der Waals surface area contributed by atoms with Crippen LogP contribution in [0, 0.1) is 5.92 Å². The van der Waals surface area contributed by atoms with E-state index in [0.717, 1.165) is 31.0 Å². The molecule has 0 saturated carbocycles. The first-order chi connectivity index (χ1) is 14.3. The number of carboxylic acids is 3. The van der Waals surface area contributed by atoms with Crippen LogP contribution in [0.1, 0.15) is 12.8 Å². The Labute approximate surface area is 172 Å². The molecule has 0 aromatic heterocycles. The number of benzene rings is 1. The van der Waals surface area contributed by atoms with E-state index in [1.54, 1.807) is 0 Å². The number of aliphatic hydroxyl groups excluding tert-OH is 1. The fourth-order valence-corrected chi connectivity index (χ4v) is 3.13. The lowest BCUT2D eigenvalue weighted by atomic mass is 9.94. The first-order valence-corrected chi connectivity index (χ1v) is 9.42. The van der Waals surface area contributed by atoms with Gasteiger partial charge in [0.2, 0.25) is 0 Å². The summed E-state index contributed by atoms with van der Waals surface area (Å²) in [5, 5.41) is 34.5. The van der Waals surface area contributed by atoms with E-state index >= 15 is 0 Å². The summed E-state index contributed by atoms with van der Waals surface area (Å²) in [6.07, 6.45) is 1.63. The van der Waals surface area contributed by atoms with E-state index in [1.165, 1.54) is 0 Å². The monoisotopic (exact) mass is 423 g/mol. The van der Waals surface area contributed by atoms with Crippen molar-refractivity contribution in [3.63, 3.8) is 0 Å². The molecule has 0 radical (unpaired) electrons. The Kier molecular flexibility index (Phi) is 8.63. The van der Waals surface area contributed by atoms with Crippen LogP contribution in [0.25, 0.3) is 0 Å². The number of piperidine rings is 1. The third-order valence-corrected chi connectivity index (χ3v) is 4.68. The number of carbonyl (C=O) groups is 3. The van der Waals surface area contributed by atoms with Gasteiger partial charge in [-0.25, -0.2) is 9.59 Å². The number of nitrogens with zero attached hydrogens (tertiary/aromatic N) is 1. The molecular weight excluding hydrogens is 398 g/mol. The molecule has 0 aliphatic carbocycles. The molecule has 164 valence electrons. The lowest BCUT2D eigenvalue weighted by Crippen LogP contribution is -2.47. The molecule has 1 saturated heterocycles. The fourth-order valence-electron chi connectivity index (χ4n) is 3.13. The Bertz CT molecular complexity index is 763. The van der Waals surface area contributed by atoms with E-state index < -0.39 is 29.9 Å². The number of likely N-dealkylation sites (tertiary alicyclic amines) is 1. The molecule has 1 aromatic carbocycles. The molecule has 1 aromatic rings. The van der Waals surface area contributed by atoms with Gasteiger partial charge in [-0.3, -0.25) is 4.79 Å². The Hall–Kier alpha value is -3.11. The zero-order valence-corrected chi connectivity index (χ0v) is 16.2. The maximum atomic E-state index is 11.1. The zero-order chi connectivity index (χ0) is 22.1. The predicted octanol–water partition coefficient (Wildman–Crippen LogP) is 0.696. The van der Waals surface area contributed by atoms with Crippen LogP contribution in [0.3, 0.4) is 0 Å². The molecule has 3 rings (SSSR count). The van der Waals surface area contributed by atoms with E-state index in [2.05, 4.69) is 4.90 Å². The number of ether oxygens (including phenoxy) is 2. The van der Waals surface area contributed by atoms with Gasteiger partial charge in [-0.05, 0) is 18.6 Å². The number of fused-ring (bicyclic) bond motifs is 1. The van der Waals surface area contributed by atoms with Gasteiger partial charge in [-0.15, -0.1) is 0 Å². The predicted molar refractivity (Wildman–Crippen MR) is 104 cm³/mol. The maximum Gasteiger partial charge on any atom is 0.328 e. The number of aliphatic carboxylic acids is 3. The van der Waals surface area contributed by atoms with Gasteiger partial charge in [0.25, 0.3) is 0 Å². The van der Waals surface area contributed by atoms with Crippen LogP contribution in [0.15, 0.2) is 36.4 Å². The van der Waals surface area contributed by atoms with Gasteiger partial charge in [-0.2, -0.15) is 0 Å². The minimum atomic E-state index is -1.26. The SMILES string of the molecule is O=C(O)/C=C/C(=O)O.O=C(O)[C@@H]1CN(CCC2COc3ccccc3O2)CC[C@H]1O. The standard InChI is InChI=1S/C16H21NO5.C4H4O4/c18-13-6-8-17(9-12(13)16(19)20)7-5-11-10-21-14-3-1-2-4-15(14)22-11;5-3(6)1-2-4(7)8/h1-4,11-13,18H,5-10H2,(H,19,20);1-2H,(H,5,6)(H,7,8)/b;2-1+/t11?,12-,13-;/m1./s1. The topological polar surface area (TPSA) is 154 Å². The van der Waals surface area contributed by atoms with Gasteiger partial charge in [-0.1, -0.05) is 12.1 Å². The van der Waals surface area contributed by atoms with Gasteiger partial charge in [0.15, 0.2) is 11.5 Å². The summed E-state index contributed by atoms with van der Waals surface area (Å²) in [6.45, 7) is 2.36. The van der Waals surface area contributed by atoms with Gasteiger partial charge in [0, 0.05) is 38.2 Å². The van der Waals surface area contributed by atoms with E-state index in [1.807, 2.05) is 24.3 Å². The molecule has 10 heteroatoms. The van der Waals surface area contributed by atoms with Crippen molar-refractivity contribution < 1.29 is 44.3 Å². The van der Waals surface area contributed by atoms with Crippen LogP contribution in [0.4, 0.5) is 0 Å². The largest absolute Gasteiger partial charge is 0.486 e. The Morgan fingerprint density at radius 3 is 2.30 bits per heavy atom. The van der Waals surface area contributed by atoms with Gasteiger partial charge < -0.3 is 34.8 Å². The number of hydrogen-bond donors (Lipinski definition) is 4. The number of hydrogen-bond acceptors (Lipinski definition) is 7. The Morgan fingerprint density at radius 1 is 1.07 bits per heavy atom. The Morgan fingerprint density at radius 2 is 1.70 bits per heavy atom. The van der Waals surface area contributed by atoms with Gasteiger partial charge in [0.05, 0.1) is 12.0 Å². The minimum Gasteiger partial charge on any atom is -0.486 e. The van der Waals surface area contributed by atoms with E-state index in [0.29, 0.717) is 31.7 Å². The summed E-state index contributed by atoms with van der Waals surface area (Å²) in [7, 11) is 0. The van der Waals surface area contributed by atoms with Crippen molar-refractivity contribution in [2.45, 2.75) is 25.0 Å². The second kappa shape index (κ2) is 11.2. The average Bonchev–Trinajstić information content (AvgIpc) is 2.71. The van der Waals surface area contributed by atoms with Crippen LogP contribution in [0.5, 0.6) is 11.5 Å². The molecule has 2 aliphatic heterocycles. The van der Waals surface area contributed by atoms with E-state index in [9.17, 15) is 19.5 Å². The van der Waals surface area contributed by atoms with Crippen molar-refractivity contribution in [2.75, 3.05) is 26.2 Å². The third-order valence-electron chi connectivity index (χ3n) is 4.68. The van der Waals surface area contributed by atoms with Gasteiger partial charge >= 0.3 is 17.9 Å². The molecule has 2 heterocycles. The quantitative estimate of drug-likeness (QED) is 0.481. The smallest absolute Gasteiger partial charge is 0.328 e. The van der Waals surface area contributed by atoms with Crippen molar-refractivity contribution in [3.8, 4) is 11.5 Å². The van der Waals surface area contributed by atoms with E-state index in [-0.39, 0.29) is 6.10 Å². The highest BCUT2D eigenvalue weighted by atomic mass is 16.6. The van der Waals surface area contributed by atoms with Crippen LogP contribution >= 0.6 is 0 Å². The molecule has 0 spiro atoms. The van der Waals surface area contributed by atoms with Crippen LogP contribution in [0.2, 0.25) is 0 Å². The molecule has 1 unspecified atom stereocenters. The van der Waals surface area contributed by atoms with Gasteiger partial charge in [0.1, 0.15) is 12.7 Å². The summed E-state index contributed by atoms with van der Waals surface area (Å²) in [5.41, 5.74) is 0. The lowest BCUT2D eigenvalue weighted by molar-refractivity contribution is -0.149. The normalized spacial score (nSPS) is 23.3. The molecule has 2 aliphatic rings. The highest BCUT2D eigenvalue weighted by Crippen LogP contribution is 2.31. The first kappa shape index (κ1) is 23.2. The summed E-state index contributed by atoms with van der Waals surface area (Å²) in [6, 6.07) is 7.59. The number of para-hydroxylation sites is 2. The molecule has 1 fully saturated rings. The Balaban J connectivity index is 0.000000343. The van der Waals surface area contributed by atoms with Crippen molar-refractivity contribution >= 4 is 17.9 Å². The third kappa shape index (κ3) is 7.37. The summed E-state index contributed by atoms with van der Waals surface area (Å²) in [5.74, 6) is -2.61. The first-order valence-electron chi connectivity index (χ1n) is 9.42. The molecule has 30 heavy (non-hydrogen) atoms. The van der Waals surface area contributed by atoms with Crippen molar-refractivity contribution in [2.24, 2.45) is 5.92 Å². The average molecular weight is 423 g/mol. The number of aliphatic hydroxyl groups is 1. The highest BCUT2D eigenvalue weighted by molar-refractivity contribution is 5.89. The second-order valence-electron chi connectivity index (χ2n) is 6.90. The summed E-state index contributed by atoms with van der Waals surface area (Å²) >= 11 is 0. The lowest BCUT2D eigenvalue weighted by Gasteiger charge is -2.35. The van der Waals surface area contributed by atoms with Crippen molar-refractivity contribution in [1.82, 2.24) is 4.90 Å². The molecule has 3 atom stereocenters. The minimum absolute atomic E-state index is 0.0231. The maximum absolute atomic E-state index is 11.1. The fraction of sp³-hybridized carbons (Fsp3) is 0.450. The highest BCUT2D eigenvalue weighted by Gasteiger charge is 2.33. The number of rotatable bonds is 6. The number of carboxylic acid groups (broad SMARTS) is 3. The molecular formula is C20H25NO9. The molecule has 10 nitrogen and oxygen atoms in total. The molecule has 0 bridgehead atoms. The molecule has 4 N–H and O–H groups in total. The van der Waals surface area contributed by atoms with Crippen molar-refractivity contribution in [1.29, 1.82) is 0 Å². The summed E-state index contributed by atoms with van der Waals surface area (Å²) in [4.78, 5) is 32.3. The van der Waals surface area contributed by atoms with Crippen LogP contribution in [-0.2, 0) is 14.4 Å². The second-order valence-corrected chi connectivity index (χ2v) is 6.90. The zero-order valence-electron chi connectivity index (χ0n) is 16.2. The van der Waals surface area contributed by atoms with Crippen molar-refractivity contribution in [3.05, 3.63) is 36.4 Å².